The molecule has 15 heteroatoms. The van der Waals surface area contributed by atoms with Crippen molar-refractivity contribution >= 4 is 35.2 Å². The zero-order valence-corrected chi connectivity index (χ0v) is 29.6. The van der Waals surface area contributed by atoms with Gasteiger partial charge < -0.3 is 30.1 Å². The number of hydrogen-bond donors (Lipinski definition) is 4. The number of anilines is 3. The Morgan fingerprint density at radius 1 is 0.922 bits per heavy atom. The van der Waals surface area contributed by atoms with Gasteiger partial charge in [0, 0.05) is 30.8 Å². The zero-order chi connectivity index (χ0) is 37.4. The number of nitrogens with one attached hydrogen (secondary N) is 3. The van der Waals surface area contributed by atoms with Crippen molar-refractivity contribution in [2.45, 2.75) is 91.1 Å². The van der Waals surface area contributed by atoms with Gasteiger partial charge in [0.05, 0.1) is 40.6 Å². The standard InChI is InChI=1S/C36H43F3N6O6/c1-18-13-19(41-33(48)50-35(2,3)4)17-45(16-18)31-20-11-12-26(46)28(20)40-15-25(31)42-32(47)30-24(43-34(49)51-36(5,6)7)14-23(39)29(44-30)27-21(37)9-8-10-22(27)38/h8-10,14-15,18-19,26,46H,11-13,16-17H2,1-7H3,(H,41,48)(H,42,47)(H,43,49)/t18-,19+,26?/m1/s1. The molecule has 274 valence electrons. The summed E-state index contributed by atoms with van der Waals surface area (Å²) >= 11 is 0. The van der Waals surface area contributed by atoms with E-state index in [1.54, 1.807) is 41.5 Å². The number of ether oxygens (including phenoxy) is 2. The van der Waals surface area contributed by atoms with Gasteiger partial charge in [0.1, 0.15) is 28.5 Å². The monoisotopic (exact) mass is 712 g/mol. The van der Waals surface area contributed by atoms with E-state index in [0.29, 0.717) is 49.3 Å². The van der Waals surface area contributed by atoms with E-state index in [1.165, 1.54) is 6.20 Å². The number of aromatic nitrogens is 2. The van der Waals surface area contributed by atoms with Crippen LogP contribution in [0.1, 0.15) is 89.2 Å². The third-order valence-corrected chi connectivity index (χ3v) is 8.14. The Morgan fingerprint density at radius 2 is 1.57 bits per heavy atom. The molecule has 2 aliphatic rings. The number of benzene rings is 1. The molecular formula is C36H43F3N6O6. The maximum absolute atomic E-state index is 15.5. The number of rotatable bonds is 6. The third-order valence-electron chi connectivity index (χ3n) is 8.14. The van der Waals surface area contributed by atoms with Crippen LogP contribution < -0.4 is 20.9 Å². The number of pyridine rings is 2. The second-order valence-corrected chi connectivity index (χ2v) is 14.9. The molecule has 0 saturated carbocycles. The number of carbonyl (C=O) groups excluding carboxylic acids is 3. The van der Waals surface area contributed by atoms with E-state index in [0.717, 1.165) is 24.3 Å². The van der Waals surface area contributed by atoms with E-state index in [-0.39, 0.29) is 17.6 Å². The highest BCUT2D eigenvalue weighted by Gasteiger charge is 2.35. The van der Waals surface area contributed by atoms with E-state index in [4.69, 9.17) is 9.47 Å². The van der Waals surface area contributed by atoms with Crippen LogP contribution in [-0.4, -0.2) is 63.5 Å². The summed E-state index contributed by atoms with van der Waals surface area (Å²) in [5.41, 5.74) is -2.33. The number of nitrogens with zero attached hydrogens (tertiary/aromatic N) is 3. The van der Waals surface area contributed by atoms with Gasteiger partial charge in [0.15, 0.2) is 11.5 Å². The van der Waals surface area contributed by atoms with E-state index in [2.05, 4.69) is 25.9 Å². The molecule has 1 unspecified atom stereocenters. The van der Waals surface area contributed by atoms with E-state index >= 15 is 4.39 Å². The Kier molecular flexibility index (Phi) is 10.5. The van der Waals surface area contributed by atoms with Crippen LogP contribution in [0.3, 0.4) is 0 Å². The summed E-state index contributed by atoms with van der Waals surface area (Å²) in [4.78, 5) is 50.0. The molecule has 0 spiro atoms. The van der Waals surface area contributed by atoms with Crippen LogP contribution in [-0.2, 0) is 15.9 Å². The minimum absolute atomic E-state index is 0.0824. The van der Waals surface area contributed by atoms with E-state index < -0.39 is 75.5 Å². The molecule has 4 N–H and O–H groups in total. The van der Waals surface area contributed by atoms with Gasteiger partial charge in [-0.3, -0.25) is 15.1 Å². The summed E-state index contributed by atoms with van der Waals surface area (Å²) in [6.45, 7) is 13.0. The molecule has 3 atom stereocenters. The number of alkyl carbamates (subject to hydrolysis) is 1. The molecule has 3 amide bonds. The molecule has 1 saturated heterocycles. The first-order valence-electron chi connectivity index (χ1n) is 16.7. The number of fused-ring (bicyclic) bond motifs is 1. The third kappa shape index (κ3) is 8.88. The van der Waals surface area contributed by atoms with Crippen molar-refractivity contribution in [3.05, 3.63) is 64.9 Å². The molecule has 1 fully saturated rings. The number of aliphatic hydroxyl groups is 1. The number of hydrogen-bond acceptors (Lipinski definition) is 9. The van der Waals surface area contributed by atoms with Gasteiger partial charge in [0.2, 0.25) is 0 Å². The van der Waals surface area contributed by atoms with Crippen LogP contribution in [0.2, 0.25) is 0 Å². The molecule has 5 rings (SSSR count). The highest BCUT2D eigenvalue weighted by Crippen LogP contribution is 2.42. The minimum Gasteiger partial charge on any atom is -0.444 e. The lowest BCUT2D eigenvalue weighted by Crippen LogP contribution is -2.51. The van der Waals surface area contributed by atoms with Gasteiger partial charge in [0.25, 0.3) is 5.91 Å². The fourth-order valence-corrected chi connectivity index (χ4v) is 6.33. The maximum atomic E-state index is 15.5. The largest absolute Gasteiger partial charge is 0.444 e. The topological polar surface area (TPSA) is 155 Å². The Bertz CT molecular complexity index is 1820. The van der Waals surface area contributed by atoms with Crippen LogP contribution >= 0.6 is 0 Å². The summed E-state index contributed by atoms with van der Waals surface area (Å²) in [5, 5.41) is 18.7. The fraction of sp³-hybridized carbons (Fsp3) is 0.472. The van der Waals surface area contributed by atoms with Gasteiger partial charge in [-0.25, -0.2) is 27.7 Å². The van der Waals surface area contributed by atoms with Crippen LogP contribution in [0.5, 0.6) is 0 Å². The minimum atomic E-state index is -1.21. The molecule has 3 aromatic rings. The van der Waals surface area contributed by atoms with Crippen LogP contribution in [0.15, 0.2) is 30.5 Å². The molecule has 12 nitrogen and oxygen atoms in total. The summed E-state index contributed by atoms with van der Waals surface area (Å²) < 4.78 is 55.9. The summed E-state index contributed by atoms with van der Waals surface area (Å²) in [6.07, 6.45) is 0.441. The molecular weight excluding hydrogens is 669 g/mol. The first-order valence-corrected chi connectivity index (χ1v) is 16.7. The molecule has 1 aromatic carbocycles. The summed E-state index contributed by atoms with van der Waals surface area (Å²) in [6, 6.07) is 3.36. The summed E-state index contributed by atoms with van der Waals surface area (Å²) in [5.74, 6) is -4.31. The highest BCUT2D eigenvalue weighted by molar-refractivity contribution is 6.10. The van der Waals surface area contributed by atoms with Crippen molar-refractivity contribution in [1.29, 1.82) is 0 Å². The SMILES string of the molecule is C[C@@H]1C[C@H](NC(=O)OC(C)(C)C)CN(c2c(NC(=O)c3nc(-c4c(F)cccc4F)c(F)cc3NC(=O)OC(C)(C)C)cnc3c2CCC3O)C1. The number of piperidine rings is 1. The average Bonchev–Trinajstić information content (AvgIpc) is 3.35. The first kappa shape index (κ1) is 37.3. The number of carbonyl (C=O) groups is 3. The van der Waals surface area contributed by atoms with E-state index in [9.17, 15) is 28.3 Å². The lowest BCUT2D eigenvalue weighted by Gasteiger charge is -2.40. The lowest BCUT2D eigenvalue weighted by molar-refractivity contribution is 0.0494. The quantitative estimate of drug-likeness (QED) is 0.214. The second-order valence-electron chi connectivity index (χ2n) is 14.9. The van der Waals surface area contributed by atoms with Crippen LogP contribution in [0.25, 0.3) is 11.3 Å². The predicted molar refractivity (Wildman–Crippen MR) is 184 cm³/mol. The molecule has 1 aliphatic carbocycles. The van der Waals surface area contributed by atoms with Crippen molar-refractivity contribution in [3.8, 4) is 11.3 Å². The fourth-order valence-electron chi connectivity index (χ4n) is 6.33. The molecule has 0 bridgehead atoms. The Labute approximate surface area is 294 Å². The van der Waals surface area contributed by atoms with Gasteiger partial charge in [-0.2, -0.15) is 0 Å². The number of halogens is 3. The average molecular weight is 713 g/mol. The van der Waals surface area contributed by atoms with Crippen LogP contribution in [0, 0.1) is 23.4 Å². The molecule has 3 heterocycles. The molecule has 2 aromatic heterocycles. The van der Waals surface area contributed by atoms with Gasteiger partial charge in [-0.05, 0) is 78.9 Å². The normalized spacial score (nSPS) is 18.9. The number of amides is 3. The molecule has 1 aliphatic heterocycles. The van der Waals surface area contributed by atoms with Crippen molar-refractivity contribution in [2.75, 3.05) is 28.6 Å². The summed E-state index contributed by atoms with van der Waals surface area (Å²) in [7, 11) is 0. The Hall–Kier alpha value is -4.92. The van der Waals surface area contributed by atoms with Crippen molar-refractivity contribution in [3.63, 3.8) is 0 Å². The first-order chi connectivity index (χ1) is 23.8. The predicted octanol–water partition coefficient (Wildman–Crippen LogP) is 6.88. The van der Waals surface area contributed by atoms with Gasteiger partial charge in [-0.1, -0.05) is 13.0 Å². The van der Waals surface area contributed by atoms with Crippen LogP contribution in [0.4, 0.5) is 39.8 Å². The second kappa shape index (κ2) is 14.4. The van der Waals surface area contributed by atoms with Crippen molar-refractivity contribution in [2.24, 2.45) is 5.92 Å². The van der Waals surface area contributed by atoms with E-state index in [1.807, 2.05) is 11.8 Å². The van der Waals surface area contributed by atoms with Crippen molar-refractivity contribution in [1.82, 2.24) is 15.3 Å². The highest BCUT2D eigenvalue weighted by atomic mass is 19.1. The molecule has 0 radical (unpaired) electrons. The smallest absolute Gasteiger partial charge is 0.412 e. The van der Waals surface area contributed by atoms with Gasteiger partial charge >= 0.3 is 12.2 Å². The lowest BCUT2D eigenvalue weighted by atomic mass is 9.94. The maximum Gasteiger partial charge on any atom is 0.412 e. The Morgan fingerprint density at radius 3 is 2.22 bits per heavy atom. The Balaban J connectivity index is 1.55. The zero-order valence-electron chi connectivity index (χ0n) is 29.6. The van der Waals surface area contributed by atoms with Crippen molar-refractivity contribution < 1.29 is 42.1 Å². The van der Waals surface area contributed by atoms with Gasteiger partial charge in [-0.15, -0.1) is 0 Å². The number of aliphatic hydroxyl groups excluding tert-OH is 1. The molecule has 51 heavy (non-hydrogen) atoms.